The van der Waals surface area contributed by atoms with E-state index in [1.165, 1.54) is 12.1 Å². The van der Waals surface area contributed by atoms with Crippen molar-refractivity contribution < 1.29 is 18.7 Å². The summed E-state index contributed by atoms with van der Waals surface area (Å²) in [6, 6.07) is 11.7. The molecule has 0 saturated carbocycles. The third-order valence-electron chi connectivity index (χ3n) is 4.66. The molecule has 7 nitrogen and oxygen atoms in total. The van der Waals surface area contributed by atoms with Crippen LogP contribution in [0.15, 0.2) is 42.5 Å². The lowest BCUT2D eigenvalue weighted by molar-refractivity contribution is -0.00174. The second-order valence-electron chi connectivity index (χ2n) is 6.58. The Bertz CT molecular complexity index is 1020. The van der Waals surface area contributed by atoms with Crippen LogP contribution in [0.2, 0.25) is 0 Å². The van der Waals surface area contributed by atoms with E-state index in [1.807, 2.05) is 19.1 Å². The van der Waals surface area contributed by atoms with Crippen molar-refractivity contribution in [2.75, 3.05) is 12.4 Å². The molecule has 0 spiro atoms. The number of rotatable bonds is 4. The molecule has 1 aromatic heterocycles. The van der Waals surface area contributed by atoms with Crippen molar-refractivity contribution in [3.63, 3.8) is 0 Å². The first-order valence-electron chi connectivity index (χ1n) is 8.80. The van der Waals surface area contributed by atoms with Gasteiger partial charge < -0.3 is 14.8 Å². The van der Waals surface area contributed by atoms with Gasteiger partial charge in [-0.2, -0.15) is 0 Å². The third-order valence-corrected chi connectivity index (χ3v) is 4.66. The second-order valence-corrected chi connectivity index (χ2v) is 6.58. The van der Waals surface area contributed by atoms with E-state index in [0.717, 1.165) is 11.1 Å². The zero-order valence-corrected chi connectivity index (χ0v) is 15.5. The Morgan fingerprint density at radius 2 is 2.07 bits per heavy atom. The van der Waals surface area contributed by atoms with Gasteiger partial charge in [0.05, 0.1) is 31.6 Å². The van der Waals surface area contributed by atoms with E-state index in [4.69, 9.17) is 9.47 Å². The maximum atomic E-state index is 13.1. The van der Waals surface area contributed by atoms with E-state index in [-0.39, 0.29) is 30.1 Å². The zero-order chi connectivity index (χ0) is 19.7. The molecule has 28 heavy (non-hydrogen) atoms. The second kappa shape index (κ2) is 7.40. The van der Waals surface area contributed by atoms with Gasteiger partial charge in [0.15, 0.2) is 5.69 Å². The maximum absolute atomic E-state index is 13.1. The number of carbonyl (C=O) groups excluding carboxylic acids is 1. The molecule has 2 aromatic carbocycles. The Morgan fingerprint density at radius 3 is 2.82 bits per heavy atom. The fourth-order valence-electron chi connectivity index (χ4n) is 3.17. The molecule has 1 N–H and O–H groups in total. The molecule has 8 heteroatoms. The Labute approximate surface area is 161 Å². The molecule has 0 radical (unpaired) electrons. The number of aryl methyl sites for hydroxylation is 1. The lowest BCUT2D eigenvalue weighted by atomic mass is 10.1. The molecule has 0 saturated heterocycles. The highest BCUT2D eigenvalue weighted by atomic mass is 19.1. The largest absolute Gasteiger partial charge is 0.495 e. The molecule has 1 aliphatic heterocycles. The number of ether oxygens (including phenoxy) is 2. The number of hydrogen-bond acceptors (Lipinski definition) is 5. The van der Waals surface area contributed by atoms with Crippen molar-refractivity contribution in [2.45, 2.75) is 26.2 Å². The number of fused-ring (bicyclic) bond motifs is 1. The number of halogens is 1. The van der Waals surface area contributed by atoms with Crippen LogP contribution in [0.25, 0.3) is 0 Å². The van der Waals surface area contributed by atoms with E-state index in [0.29, 0.717) is 23.7 Å². The molecule has 3 aromatic rings. The van der Waals surface area contributed by atoms with Crippen molar-refractivity contribution in [1.82, 2.24) is 15.0 Å². The SMILES string of the molecule is COc1ccc(C)cc1NC(=O)c1nnn2c1CO[C@@H](c1ccc(F)cc1)C2. The van der Waals surface area contributed by atoms with Crippen LogP contribution in [0.3, 0.4) is 0 Å². The van der Waals surface area contributed by atoms with Crippen LogP contribution in [0, 0.1) is 12.7 Å². The van der Waals surface area contributed by atoms with Gasteiger partial charge in [-0.25, -0.2) is 9.07 Å². The number of nitrogens with one attached hydrogen (secondary N) is 1. The summed E-state index contributed by atoms with van der Waals surface area (Å²) in [5.41, 5.74) is 3.21. The van der Waals surface area contributed by atoms with Crippen LogP contribution in [-0.4, -0.2) is 28.0 Å². The van der Waals surface area contributed by atoms with E-state index >= 15 is 0 Å². The molecule has 4 rings (SSSR count). The van der Waals surface area contributed by atoms with E-state index in [9.17, 15) is 9.18 Å². The minimum Gasteiger partial charge on any atom is -0.495 e. The van der Waals surface area contributed by atoms with Crippen LogP contribution in [0.1, 0.15) is 33.4 Å². The minimum absolute atomic E-state index is 0.183. The molecule has 0 aliphatic carbocycles. The number of nitrogens with zero attached hydrogens (tertiary/aromatic N) is 3. The van der Waals surface area contributed by atoms with E-state index in [2.05, 4.69) is 15.6 Å². The number of methoxy groups -OCH3 is 1. The highest BCUT2D eigenvalue weighted by Crippen LogP contribution is 2.29. The number of hydrogen-bond donors (Lipinski definition) is 1. The van der Waals surface area contributed by atoms with Gasteiger partial charge in [-0.3, -0.25) is 4.79 Å². The van der Waals surface area contributed by atoms with E-state index in [1.54, 1.807) is 30.0 Å². The highest BCUT2D eigenvalue weighted by molar-refractivity contribution is 6.04. The Morgan fingerprint density at radius 1 is 1.29 bits per heavy atom. The van der Waals surface area contributed by atoms with Gasteiger partial charge in [0.1, 0.15) is 17.7 Å². The van der Waals surface area contributed by atoms with Crippen LogP contribution < -0.4 is 10.1 Å². The van der Waals surface area contributed by atoms with Gasteiger partial charge >= 0.3 is 0 Å². The predicted molar refractivity (Wildman–Crippen MR) is 99.6 cm³/mol. The fourth-order valence-corrected chi connectivity index (χ4v) is 3.17. The lowest BCUT2D eigenvalue weighted by Gasteiger charge is -2.24. The third kappa shape index (κ3) is 3.46. The standard InChI is InChI=1S/C20H19FN4O3/c1-12-3-8-17(27-2)15(9-12)22-20(26)19-16-11-28-18(10-25(16)24-23-19)13-4-6-14(21)7-5-13/h3-9,18H,10-11H2,1-2H3,(H,22,26)/t18-/m1/s1. The van der Waals surface area contributed by atoms with E-state index < -0.39 is 0 Å². The number of benzene rings is 2. The zero-order valence-electron chi connectivity index (χ0n) is 15.5. The summed E-state index contributed by atoms with van der Waals surface area (Å²) in [5, 5.41) is 11.0. The summed E-state index contributed by atoms with van der Waals surface area (Å²) in [4.78, 5) is 12.7. The van der Waals surface area contributed by atoms with Crippen molar-refractivity contribution >= 4 is 11.6 Å². The van der Waals surface area contributed by atoms with Crippen LogP contribution in [-0.2, 0) is 17.9 Å². The summed E-state index contributed by atoms with van der Waals surface area (Å²) < 4.78 is 25.9. The number of carbonyl (C=O) groups is 1. The van der Waals surface area contributed by atoms with Gasteiger partial charge in [0.25, 0.3) is 5.91 Å². The molecule has 1 amide bonds. The number of anilines is 1. The Balaban J connectivity index is 1.53. The first-order valence-corrected chi connectivity index (χ1v) is 8.80. The highest BCUT2D eigenvalue weighted by Gasteiger charge is 2.28. The van der Waals surface area contributed by atoms with Crippen LogP contribution in [0.5, 0.6) is 5.75 Å². The van der Waals surface area contributed by atoms with Gasteiger partial charge in [0, 0.05) is 0 Å². The summed E-state index contributed by atoms with van der Waals surface area (Å²) in [6.45, 7) is 2.51. The van der Waals surface area contributed by atoms with Crippen molar-refractivity contribution in [2.24, 2.45) is 0 Å². The Hall–Kier alpha value is -3.26. The fraction of sp³-hybridized carbons (Fsp3) is 0.250. The smallest absolute Gasteiger partial charge is 0.278 e. The summed E-state index contributed by atoms with van der Waals surface area (Å²) in [6.07, 6.45) is -0.275. The molecule has 0 bridgehead atoms. The molecule has 1 aliphatic rings. The molecule has 2 heterocycles. The van der Waals surface area contributed by atoms with Gasteiger partial charge in [-0.1, -0.05) is 23.4 Å². The topological polar surface area (TPSA) is 78.3 Å². The van der Waals surface area contributed by atoms with Gasteiger partial charge in [0.2, 0.25) is 0 Å². The van der Waals surface area contributed by atoms with Crippen molar-refractivity contribution in [3.8, 4) is 5.75 Å². The summed E-state index contributed by atoms with van der Waals surface area (Å²) in [7, 11) is 1.55. The number of amides is 1. The molecule has 0 fully saturated rings. The van der Waals surface area contributed by atoms with Crippen molar-refractivity contribution in [3.05, 3.63) is 70.8 Å². The Kier molecular flexibility index (Phi) is 4.79. The quantitative estimate of drug-likeness (QED) is 0.749. The maximum Gasteiger partial charge on any atom is 0.278 e. The molecule has 144 valence electrons. The molecular formula is C20H19FN4O3. The first kappa shape index (κ1) is 18.1. The van der Waals surface area contributed by atoms with Crippen LogP contribution >= 0.6 is 0 Å². The monoisotopic (exact) mass is 382 g/mol. The first-order chi connectivity index (χ1) is 13.5. The predicted octanol–water partition coefficient (Wildman–Crippen LogP) is 3.26. The van der Waals surface area contributed by atoms with Gasteiger partial charge in [-0.05, 0) is 42.3 Å². The van der Waals surface area contributed by atoms with Crippen molar-refractivity contribution in [1.29, 1.82) is 0 Å². The average molecular weight is 382 g/mol. The molecule has 1 atom stereocenters. The van der Waals surface area contributed by atoms with Gasteiger partial charge in [-0.15, -0.1) is 5.10 Å². The summed E-state index contributed by atoms with van der Waals surface area (Å²) >= 11 is 0. The average Bonchev–Trinajstić information content (AvgIpc) is 3.12. The summed E-state index contributed by atoms with van der Waals surface area (Å²) in [5.74, 6) is -0.117. The minimum atomic E-state index is -0.381. The number of aromatic nitrogens is 3. The normalized spacial score (nSPS) is 15.8. The lowest BCUT2D eigenvalue weighted by Crippen LogP contribution is -2.24. The molecule has 0 unspecified atom stereocenters. The molecular weight excluding hydrogens is 363 g/mol. The van der Waals surface area contributed by atoms with Crippen LogP contribution in [0.4, 0.5) is 10.1 Å².